The molecule has 1 aliphatic heterocycles. The summed E-state index contributed by atoms with van der Waals surface area (Å²) in [6, 6.07) is 0.665. The van der Waals surface area contributed by atoms with E-state index in [1.54, 1.807) is 0 Å². The molecule has 1 aromatic carbocycles. The van der Waals surface area contributed by atoms with Gasteiger partial charge in [-0.15, -0.1) is 0 Å². The largest absolute Gasteiger partial charge is 0.289 e. The fourth-order valence-electron chi connectivity index (χ4n) is 1.70. The Labute approximate surface area is 89.8 Å². The van der Waals surface area contributed by atoms with Gasteiger partial charge in [0.05, 0.1) is 0 Å². The molecule has 0 spiro atoms. The quantitative estimate of drug-likeness (QED) is 0.400. The van der Waals surface area contributed by atoms with Crippen LogP contribution >= 0.6 is 0 Å². The lowest BCUT2D eigenvalue weighted by molar-refractivity contribution is 0.408. The van der Waals surface area contributed by atoms with Gasteiger partial charge >= 0.3 is 0 Å². The molecule has 0 saturated heterocycles. The van der Waals surface area contributed by atoms with Crippen LogP contribution in [-0.4, -0.2) is 12.3 Å². The lowest BCUT2D eigenvalue weighted by atomic mass is 10.0. The van der Waals surface area contributed by atoms with Crippen LogP contribution in [0.1, 0.15) is 24.8 Å². The van der Waals surface area contributed by atoms with Crippen molar-refractivity contribution in [3.63, 3.8) is 0 Å². The molecule has 16 heavy (non-hydrogen) atoms. The van der Waals surface area contributed by atoms with Gasteiger partial charge in [0.25, 0.3) is 0 Å². The summed E-state index contributed by atoms with van der Waals surface area (Å²) in [6.07, 6.45) is 2.12. The van der Waals surface area contributed by atoms with Gasteiger partial charge in [-0.3, -0.25) is 4.99 Å². The summed E-state index contributed by atoms with van der Waals surface area (Å²) in [7, 11) is 0. The first-order chi connectivity index (χ1) is 7.61. The molecule has 0 unspecified atom stereocenters. The maximum Gasteiger partial charge on any atom is 0.198 e. The van der Waals surface area contributed by atoms with E-state index < -0.39 is 23.3 Å². The summed E-state index contributed by atoms with van der Waals surface area (Å²) in [5, 5.41) is 0. The van der Waals surface area contributed by atoms with Crippen LogP contribution in [0.3, 0.4) is 0 Å². The molecule has 5 heteroatoms. The van der Waals surface area contributed by atoms with E-state index in [0.29, 0.717) is 24.7 Å². The van der Waals surface area contributed by atoms with Crippen LogP contribution in [0.25, 0.3) is 0 Å². The highest BCUT2D eigenvalue weighted by Crippen LogP contribution is 2.22. The van der Waals surface area contributed by atoms with E-state index in [4.69, 9.17) is 0 Å². The number of hydrogen-bond donors (Lipinski definition) is 0. The maximum atomic E-state index is 13.4. The highest BCUT2D eigenvalue weighted by molar-refractivity contribution is 6.01. The number of halogens is 4. The van der Waals surface area contributed by atoms with Crippen LogP contribution in [0.4, 0.5) is 17.6 Å². The van der Waals surface area contributed by atoms with Crippen LogP contribution in [0, 0.1) is 23.3 Å². The van der Waals surface area contributed by atoms with Gasteiger partial charge in [-0.1, -0.05) is 0 Å². The summed E-state index contributed by atoms with van der Waals surface area (Å²) < 4.78 is 52.0. The molecule has 0 fully saturated rings. The van der Waals surface area contributed by atoms with Crippen molar-refractivity contribution >= 4 is 5.71 Å². The molecule has 1 aromatic rings. The van der Waals surface area contributed by atoms with Crippen LogP contribution in [0.15, 0.2) is 11.1 Å². The van der Waals surface area contributed by atoms with Crippen molar-refractivity contribution in [2.24, 2.45) is 4.99 Å². The van der Waals surface area contributed by atoms with Gasteiger partial charge in [-0.2, -0.15) is 0 Å². The molecule has 0 bridgehead atoms. The second kappa shape index (κ2) is 4.23. The van der Waals surface area contributed by atoms with Gasteiger partial charge in [0.15, 0.2) is 23.3 Å². The third-order valence-electron chi connectivity index (χ3n) is 2.54. The lowest BCUT2D eigenvalue weighted by Crippen LogP contribution is -2.12. The van der Waals surface area contributed by atoms with Crippen LogP contribution in [0.5, 0.6) is 0 Å². The predicted molar refractivity (Wildman–Crippen MR) is 51.5 cm³/mol. The average Bonchev–Trinajstić information content (AvgIpc) is 2.32. The van der Waals surface area contributed by atoms with Gasteiger partial charge in [-0.05, 0) is 25.3 Å². The Morgan fingerprint density at radius 1 is 0.938 bits per heavy atom. The second-order valence-electron chi connectivity index (χ2n) is 3.63. The normalized spacial score (nSPS) is 16.1. The van der Waals surface area contributed by atoms with Crippen LogP contribution in [-0.2, 0) is 0 Å². The topological polar surface area (TPSA) is 12.4 Å². The van der Waals surface area contributed by atoms with E-state index in [1.807, 2.05) is 0 Å². The number of rotatable bonds is 1. The zero-order chi connectivity index (χ0) is 11.7. The molecule has 1 heterocycles. The Bertz CT molecular complexity index is 454. The molecule has 2 rings (SSSR count). The lowest BCUT2D eigenvalue weighted by Gasteiger charge is -2.13. The Morgan fingerprint density at radius 2 is 1.69 bits per heavy atom. The van der Waals surface area contributed by atoms with Crippen molar-refractivity contribution < 1.29 is 17.6 Å². The van der Waals surface area contributed by atoms with Crippen molar-refractivity contribution in [1.29, 1.82) is 0 Å². The molecule has 0 atom stereocenters. The van der Waals surface area contributed by atoms with E-state index in [9.17, 15) is 17.6 Å². The monoisotopic (exact) mass is 231 g/mol. The zero-order valence-corrected chi connectivity index (χ0v) is 8.36. The fourth-order valence-corrected chi connectivity index (χ4v) is 1.70. The van der Waals surface area contributed by atoms with E-state index >= 15 is 0 Å². The van der Waals surface area contributed by atoms with E-state index in [2.05, 4.69) is 4.99 Å². The predicted octanol–water partition coefficient (Wildman–Crippen LogP) is 3.22. The Kier molecular flexibility index (Phi) is 2.94. The minimum absolute atomic E-state index is 0.267. The van der Waals surface area contributed by atoms with Crippen molar-refractivity contribution in [3.8, 4) is 0 Å². The van der Waals surface area contributed by atoms with Crippen molar-refractivity contribution in [1.82, 2.24) is 0 Å². The summed E-state index contributed by atoms with van der Waals surface area (Å²) >= 11 is 0. The number of hydrogen-bond acceptors (Lipinski definition) is 1. The van der Waals surface area contributed by atoms with Crippen molar-refractivity contribution in [2.45, 2.75) is 19.3 Å². The van der Waals surface area contributed by atoms with Crippen molar-refractivity contribution in [3.05, 3.63) is 34.9 Å². The molecule has 1 aliphatic rings. The zero-order valence-electron chi connectivity index (χ0n) is 8.36. The first kappa shape index (κ1) is 11.1. The van der Waals surface area contributed by atoms with Gasteiger partial charge in [-0.25, -0.2) is 17.6 Å². The van der Waals surface area contributed by atoms with Crippen LogP contribution in [0.2, 0.25) is 0 Å². The summed E-state index contributed by atoms with van der Waals surface area (Å²) in [6.45, 7) is 0.509. The molecule has 86 valence electrons. The third kappa shape index (κ3) is 1.81. The SMILES string of the molecule is Fc1cc(C2=NCCCC2)c(F)c(F)c1F. The minimum Gasteiger partial charge on any atom is -0.289 e. The molecule has 0 amide bonds. The standard InChI is InChI=1S/C11H9F4N/c12-7-5-6(8-3-1-2-4-16-8)9(13)11(15)10(7)14/h5H,1-4H2. The molecule has 0 aliphatic carbocycles. The minimum atomic E-state index is -1.78. The summed E-state index contributed by atoms with van der Waals surface area (Å²) in [4.78, 5) is 3.99. The summed E-state index contributed by atoms with van der Waals surface area (Å²) in [5.74, 6) is -6.30. The number of aliphatic imine (C=N–C) groups is 1. The first-order valence-corrected chi connectivity index (χ1v) is 4.98. The van der Waals surface area contributed by atoms with Crippen LogP contribution < -0.4 is 0 Å². The number of benzene rings is 1. The van der Waals surface area contributed by atoms with Gasteiger partial charge < -0.3 is 0 Å². The molecule has 0 aromatic heterocycles. The molecular weight excluding hydrogens is 222 g/mol. The molecular formula is C11H9F4N. The smallest absolute Gasteiger partial charge is 0.198 e. The van der Waals surface area contributed by atoms with Gasteiger partial charge in [0, 0.05) is 17.8 Å². The third-order valence-corrected chi connectivity index (χ3v) is 2.54. The molecule has 0 N–H and O–H groups in total. The van der Waals surface area contributed by atoms with Gasteiger partial charge in [0.2, 0.25) is 0 Å². The number of nitrogens with zero attached hydrogens (tertiary/aromatic N) is 1. The van der Waals surface area contributed by atoms with E-state index in [1.165, 1.54) is 0 Å². The highest BCUT2D eigenvalue weighted by Gasteiger charge is 2.22. The first-order valence-electron chi connectivity index (χ1n) is 4.98. The highest BCUT2D eigenvalue weighted by atomic mass is 19.2. The molecule has 1 nitrogen and oxygen atoms in total. The van der Waals surface area contributed by atoms with E-state index in [-0.39, 0.29) is 5.56 Å². The second-order valence-corrected chi connectivity index (χ2v) is 3.63. The summed E-state index contributed by atoms with van der Waals surface area (Å²) in [5.41, 5.74) is 0.0395. The average molecular weight is 231 g/mol. The Hall–Kier alpha value is -1.39. The van der Waals surface area contributed by atoms with E-state index in [0.717, 1.165) is 12.8 Å². The maximum absolute atomic E-state index is 13.4. The Balaban J connectivity index is 2.53. The fraction of sp³-hybridized carbons (Fsp3) is 0.364. The Morgan fingerprint density at radius 3 is 2.31 bits per heavy atom. The van der Waals surface area contributed by atoms with Crippen molar-refractivity contribution in [2.75, 3.05) is 6.54 Å². The molecule has 0 radical (unpaired) electrons. The molecule has 0 saturated carbocycles. The van der Waals surface area contributed by atoms with Gasteiger partial charge in [0.1, 0.15) is 0 Å².